The lowest BCUT2D eigenvalue weighted by molar-refractivity contribution is -0.0407. The molecule has 1 aromatic rings. The van der Waals surface area contributed by atoms with Crippen LogP contribution in [-0.2, 0) is 5.60 Å². The van der Waals surface area contributed by atoms with Crippen molar-refractivity contribution < 1.29 is 5.11 Å². The lowest BCUT2D eigenvalue weighted by Gasteiger charge is -2.44. The van der Waals surface area contributed by atoms with Crippen molar-refractivity contribution in [1.82, 2.24) is 4.90 Å². The Balaban J connectivity index is 1.57. The van der Waals surface area contributed by atoms with Gasteiger partial charge >= 0.3 is 0 Å². The zero-order valence-corrected chi connectivity index (χ0v) is 15.2. The Morgan fingerprint density at radius 1 is 1.09 bits per heavy atom. The minimum absolute atomic E-state index is 0.627. The first-order valence-electron chi connectivity index (χ1n) is 8.83. The molecular weight excluding hydrogens is 338 g/mol. The van der Waals surface area contributed by atoms with E-state index in [-0.39, 0.29) is 0 Å². The molecule has 1 saturated carbocycles. The quantitative estimate of drug-likeness (QED) is 0.838. The smallest absolute Gasteiger partial charge is 0.0920 e. The van der Waals surface area contributed by atoms with Crippen molar-refractivity contribution in [3.63, 3.8) is 0 Å². The molecule has 0 spiro atoms. The Morgan fingerprint density at radius 2 is 1.68 bits per heavy atom. The highest BCUT2D eigenvalue weighted by atomic mass is 79.9. The zero-order valence-electron chi connectivity index (χ0n) is 13.6. The number of rotatable bonds is 3. The number of aliphatic hydroxyl groups is 1. The highest BCUT2D eigenvalue weighted by Gasteiger charge is 2.36. The van der Waals surface area contributed by atoms with Crippen LogP contribution in [0.1, 0.15) is 57.4 Å². The summed E-state index contributed by atoms with van der Waals surface area (Å²) in [6.45, 7) is 4.40. The first-order chi connectivity index (χ1) is 10.6. The number of benzene rings is 1. The van der Waals surface area contributed by atoms with Crippen LogP contribution in [0, 0.1) is 5.92 Å². The van der Waals surface area contributed by atoms with Gasteiger partial charge in [-0.2, -0.15) is 0 Å². The third-order valence-corrected chi connectivity index (χ3v) is 6.45. The summed E-state index contributed by atoms with van der Waals surface area (Å²) in [4.78, 5) is 2.64. The van der Waals surface area contributed by atoms with E-state index in [1.165, 1.54) is 32.1 Å². The maximum Gasteiger partial charge on any atom is 0.0920 e. The highest BCUT2D eigenvalue weighted by Crippen LogP contribution is 2.37. The molecule has 1 saturated heterocycles. The summed E-state index contributed by atoms with van der Waals surface area (Å²) in [6.07, 6.45) is 8.58. The molecule has 0 radical (unpaired) electrons. The number of halogens is 1. The molecule has 0 unspecified atom stereocenters. The van der Waals surface area contributed by atoms with Crippen molar-refractivity contribution in [3.05, 3.63) is 34.3 Å². The van der Waals surface area contributed by atoms with Gasteiger partial charge in [0.05, 0.1) is 5.60 Å². The summed E-state index contributed by atoms with van der Waals surface area (Å²) in [5.74, 6) is 0.959. The lowest BCUT2D eigenvalue weighted by Crippen LogP contribution is -2.48. The fraction of sp³-hybridized carbons (Fsp3) is 0.684. The van der Waals surface area contributed by atoms with E-state index in [0.29, 0.717) is 0 Å². The first kappa shape index (κ1) is 16.5. The number of nitrogens with zero attached hydrogens (tertiary/aromatic N) is 1. The van der Waals surface area contributed by atoms with Crippen LogP contribution < -0.4 is 0 Å². The van der Waals surface area contributed by atoms with Gasteiger partial charge in [0.15, 0.2) is 0 Å². The zero-order chi connectivity index (χ0) is 15.6. The minimum Gasteiger partial charge on any atom is -0.385 e. The third-order valence-electron chi connectivity index (χ3n) is 5.92. The van der Waals surface area contributed by atoms with Gasteiger partial charge < -0.3 is 10.0 Å². The van der Waals surface area contributed by atoms with E-state index in [0.717, 1.165) is 47.9 Å². The van der Waals surface area contributed by atoms with Crippen molar-refractivity contribution in [2.24, 2.45) is 5.92 Å². The molecule has 0 aromatic heterocycles. The van der Waals surface area contributed by atoms with Crippen LogP contribution in [0.25, 0.3) is 0 Å². The highest BCUT2D eigenvalue weighted by molar-refractivity contribution is 9.10. The summed E-state index contributed by atoms with van der Waals surface area (Å²) in [7, 11) is 0. The van der Waals surface area contributed by atoms with Crippen molar-refractivity contribution in [3.8, 4) is 0 Å². The van der Waals surface area contributed by atoms with Gasteiger partial charge in [-0.3, -0.25) is 0 Å². The van der Waals surface area contributed by atoms with E-state index >= 15 is 0 Å². The fourth-order valence-electron chi connectivity index (χ4n) is 4.23. The van der Waals surface area contributed by atoms with E-state index in [4.69, 9.17) is 0 Å². The molecule has 1 N–H and O–H groups in total. The van der Waals surface area contributed by atoms with Crippen LogP contribution in [-0.4, -0.2) is 29.1 Å². The number of hydrogen-bond donors (Lipinski definition) is 1. The van der Waals surface area contributed by atoms with E-state index in [1.807, 2.05) is 12.1 Å². The standard InChI is InChI=1S/C19H28BrNO/c1-2-15-3-9-18(10-4-15)21-13-11-19(22,12-14-21)16-5-7-17(20)8-6-16/h5-8,15,18,22H,2-4,9-14H2,1H3. The minimum atomic E-state index is -0.627. The molecule has 0 bridgehead atoms. The van der Waals surface area contributed by atoms with Crippen molar-refractivity contribution in [2.45, 2.75) is 63.5 Å². The van der Waals surface area contributed by atoms with Crippen LogP contribution >= 0.6 is 15.9 Å². The molecule has 0 amide bonds. The monoisotopic (exact) mass is 365 g/mol. The van der Waals surface area contributed by atoms with E-state index in [1.54, 1.807) is 0 Å². The molecule has 2 fully saturated rings. The molecule has 1 aliphatic heterocycles. The molecule has 3 rings (SSSR count). The molecular formula is C19H28BrNO. The van der Waals surface area contributed by atoms with Crippen LogP contribution in [0.4, 0.5) is 0 Å². The number of likely N-dealkylation sites (tertiary alicyclic amines) is 1. The van der Waals surface area contributed by atoms with E-state index in [2.05, 4.69) is 39.9 Å². The van der Waals surface area contributed by atoms with Crippen LogP contribution in [0.3, 0.4) is 0 Å². The summed E-state index contributed by atoms with van der Waals surface area (Å²) in [5, 5.41) is 11.0. The molecule has 1 heterocycles. The van der Waals surface area contributed by atoms with Crippen LogP contribution in [0.5, 0.6) is 0 Å². The SMILES string of the molecule is CCC1CCC(N2CCC(O)(c3ccc(Br)cc3)CC2)CC1. The topological polar surface area (TPSA) is 23.5 Å². The number of piperidine rings is 1. The summed E-state index contributed by atoms with van der Waals surface area (Å²) >= 11 is 3.47. The van der Waals surface area contributed by atoms with Gasteiger partial charge in [0.1, 0.15) is 0 Å². The molecule has 1 aliphatic carbocycles. The maximum absolute atomic E-state index is 11.0. The predicted molar refractivity (Wildman–Crippen MR) is 94.9 cm³/mol. The molecule has 2 nitrogen and oxygen atoms in total. The van der Waals surface area contributed by atoms with E-state index < -0.39 is 5.60 Å². The second-order valence-corrected chi connectivity index (χ2v) is 8.07. The molecule has 22 heavy (non-hydrogen) atoms. The van der Waals surface area contributed by atoms with Gasteiger partial charge in [-0.15, -0.1) is 0 Å². The Labute approximate surface area is 143 Å². The van der Waals surface area contributed by atoms with Crippen molar-refractivity contribution in [1.29, 1.82) is 0 Å². The van der Waals surface area contributed by atoms with Gasteiger partial charge in [0.25, 0.3) is 0 Å². The molecule has 3 heteroatoms. The fourth-order valence-corrected chi connectivity index (χ4v) is 4.49. The number of hydrogen-bond acceptors (Lipinski definition) is 2. The van der Waals surface area contributed by atoms with Gasteiger partial charge in [-0.25, -0.2) is 0 Å². The molecule has 1 aromatic carbocycles. The average molecular weight is 366 g/mol. The van der Waals surface area contributed by atoms with E-state index in [9.17, 15) is 5.11 Å². The predicted octanol–water partition coefficient (Wildman–Crippen LogP) is 4.70. The second kappa shape index (κ2) is 7.02. The molecule has 2 aliphatic rings. The summed E-state index contributed by atoms with van der Waals surface area (Å²) < 4.78 is 1.07. The Kier molecular flexibility index (Phi) is 5.26. The Morgan fingerprint density at radius 3 is 2.23 bits per heavy atom. The van der Waals surface area contributed by atoms with Gasteiger partial charge in [0.2, 0.25) is 0 Å². The average Bonchev–Trinajstić information content (AvgIpc) is 2.56. The van der Waals surface area contributed by atoms with Gasteiger partial charge in [0, 0.05) is 23.6 Å². The van der Waals surface area contributed by atoms with Gasteiger partial charge in [-0.05, 0) is 62.1 Å². The summed E-state index contributed by atoms with van der Waals surface area (Å²) in [5.41, 5.74) is 0.447. The normalized spacial score (nSPS) is 29.4. The van der Waals surface area contributed by atoms with Crippen LogP contribution in [0.15, 0.2) is 28.7 Å². The molecule has 0 atom stereocenters. The largest absolute Gasteiger partial charge is 0.385 e. The Bertz CT molecular complexity index is 471. The lowest BCUT2D eigenvalue weighted by atomic mass is 9.80. The van der Waals surface area contributed by atoms with Gasteiger partial charge in [-0.1, -0.05) is 41.4 Å². The van der Waals surface area contributed by atoms with Crippen LogP contribution in [0.2, 0.25) is 0 Å². The second-order valence-electron chi connectivity index (χ2n) is 7.16. The summed E-state index contributed by atoms with van der Waals surface area (Å²) in [6, 6.07) is 8.95. The van der Waals surface area contributed by atoms with Crippen molar-refractivity contribution >= 4 is 15.9 Å². The first-order valence-corrected chi connectivity index (χ1v) is 9.62. The third kappa shape index (κ3) is 3.58. The maximum atomic E-state index is 11.0. The Hall–Kier alpha value is -0.380. The molecule has 122 valence electrons. The van der Waals surface area contributed by atoms with Crippen molar-refractivity contribution in [2.75, 3.05) is 13.1 Å².